The Labute approximate surface area is 119 Å². The molecule has 3 nitrogen and oxygen atoms in total. The third-order valence-electron chi connectivity index (χ3n) is 4.94. The largest absolute Gasteiger partial charge is 0.303 e. The van der Waals surface area contributed by atoms with E-state index in [2.05, 4.69) is 37.2 Å². The Morgan fingerprint density at radius 1 is 1.42 bits per heavy atom. The summed E-state index contributed by atoms with van der Waals surface area (Å²) in [6.45, 7) is 5.58. The van der Waals surface area contributed by atoms with Crippen LogP contribution in [0.2, 0.25) is 0 Å². The molecule has 0 aliphatic heterocycles. The molecular formula is C16H31N3. The van der Waals surface area contributed by atoms with E-state index in [1.165, 1.54) is 25.7 Å². The van der Waals surface area contributed by atoms with Gasteiger partial charge >= 0.3 is 0 Å². The van der Waals surface area contributed by atoms with Gasteiger partial charge in [-0.1, -0.05) is 26.7 Å². The topological polar surface area (TPSA) is 39.1 Å². The van der Waals surface area contributed by atoms with Gasteiger partial charge in [-0.25, -0.2) is 0 Å². The van der Waals surface area contributed by atoms with E-state index < -0.39 is 0 Å². The van der Waals surface area contributed by atoms with Crippen LogP contribution in [-0.2, 0) is 0 Å². The fraction of sp³-hybridized carbons (Fsp3) is 0.938. The molecule has 0 aromatic carbocycles. The van der Waals surface area contributed by atoms with Crippen LogP contribution in [-0.4, -0.2) is 37.1 Å². The van der Waals surface area contributed by atoms with Crippen LogP contribution >= 0.6 is 0 Å². The maximum absolute atomic E-state index is 9.30. The molecule has 110 valence electrons. The minimum Gasteiger partial charge on any atom is -0.303 e. The highest BCUT2D eigenvalue weighted by atomic mass is 15.1. The van der Waals surface area contributed by atoms with Gasteiger partial charge in [-0.2, -0.15) is 5.26 Å². The standard InChI is InChI=1S/C16H31N3/c1-5-16(13-17,18-3)10-7-11-19(4)15-9-6-8-14(2)12-15/h14-15,18H,5-12H2,1-4H3. The fourth-order valence-corrected chi connectivity index (χ4v) is 3.28. The van der Waals surface area contributed by atoms with Crippen LogP contribution in [0.5, 0.6) is 0 Å². The number of rotatable bonds is 7. The predicted octanol–water partition coefficient (Wildman–Crippen LogP) is 3.17. The van der Waals surface area contributed by atoms with E-state index in [0.29, 0.717) is 0 Å². The lowest BCUT2D eigenvalue weighted by Crippen LogP contribution is -2.42. The van der Waals surface area contributed by atoms with Crippen molar-refractivity contribution < 1.29 is 0 Å². The molecule has 0 aromatic heterocycles. The van der Waals surface area contributed by atoms with E-state index in [1.807, 2.05) is 7.05 Å². The first kappa shape index (κ1) is 16.5. The summed E-state index contributed by atoms with van der Waals surface area (Å²) < 4.78 is 0. The van der Waals surface area contributed by atoms with Crippen molar-refractivity contribution in [2.24, 2.45) is 5.92 Å². The number of nitrogens with one attached hydrogen (secondary N) is 1. The Bertz CT molecular complexity index is 291. The monoisotopic (exact) mass is 265 g/mol. The summed E-state index contributed by atoms with van der Waals surface area (Å²) >= 11 is 0. The zero-order valence-corrected chi connectivity index (χ0v) is 13.2. The lowest BCUT2D eigenvalue weighted by atomic mass is 9.86. The van der Waals surface area contributed by atoms with Crippen molar-refractivity contribution in [2.75, 3.05) is 20.6 Å². The van der Waals surface area contributed by atoms with Crippen LogP contribution in [0.15, 0.2) is 0 Å². The second kappa shape index (κ2) is 7.87. The van der Waals surface area contributed by atoms with Gasteiger partial charge in [0.05, 0.1) is 6.07 Å². The lowest BCUT2D eigenvalue weighted by Gasteiger charge is -2.35. The summed E-state index contributed by atoms with van der Waals surface area (Å²) in [5.41, 5.74) is -0.319. The molecule has 0 saturated heterocycles. The Balaban J connectivity index is 2.34. The zero-order valence-electron chi connectivity index (χ0n) is 13.2. The van der Waals surface area contributed by atoms with Gasteiger partial charge < -0.3 is 10.2 Å². The van der Waals surface area contributed by atoms with Crippen molar-refractivity contribution >= 4 is 0 Å². The highest BCUT2D eigenvalue weighted by Gasteiger charge is 2.26. The molecule has 0 heterocycles. The third kappa shape index (κ3) is 4.78. The molecule has 0 radical (unpaired) electrons. The molecule has 0 amide bonds. The van der Waals surface area contributed by atoms with Gasteiger partial charge in [-0.15, -0.1) is 0 Å². The highest BCUT2D eigenvalue weighted by molar-refractivity contribution is 5.05. The molecule has 1 saturated carbocycles. The molecular weight excluding hydrogens is 234 g/mol. The quantitative estimate of drug-likeness (QED) is 0.768. The van der Waals surface area contributed by atoms with Gasteiger partial charge in [-0.3, -0.25) is 0 Å². The normalized spacial score (nSPS) is 26.9. The zero-order chi connectivity index (χ0) is 14.3. The minimum atomic E-state index is -0.319. The second-order valence-electron chi connectivity index (χ2n) is 6.31. The molecule has 0 bridgehead atoms. The first-order valence-corrected chi connectivity index (χ1v) is 7.87. The summed E-state index contributed by atoms with van der Waals surface area (Å²) in [5, 5.41) is 12.5. The summed E-state index contributed by atoms with van der Waals surface area (Å²) in [5.74, 6) is 0.882. The molecule has 1 aliphatic rings. The van der Waals surface area contributed by atoms with Gasteiger partial charge in [0.25, 0.3) is 0 Å². The van der Waals surface area contributed by atoms with Gasteiger partial charge in [0.2, 0.25) is 0 Å². The average molecular weight is 265 g/mol. The second-order valence-corrected chi connectivity index (χ2v) is 6.31. The summed E-state index contributed by atoms with van der Waals surface area (Å²) in [4.78, 5) is 2.52. The molecule has 0 spiro atoms. The minimum absolute atomic E-state index is 0.319. The maximum atomic E-state index is 9.30. The molecule has 19 heavy (non-hydrogen) atoms. The van der Waals surface area contributed by atoms with Gasteiger partial charge in [-0.05, 0) is 58.7 Å². The number of nitriles is 1. The van der Waals surface area contributed by atoms with Crippen molar-refractivity contribution in [3.05, 3.63) is 0 Å². The number of hydrogen-bond acceptors (Lipinski definition) is 3. The first-order chi connectivity index (χ1) is 9.06. The van der Waals surface area contributed by atoms with E-state index in [4.69, 9.17) is 0 Å². The number of nitrogens with zero attached hydrogens (tertiary/aromatic N) is 2. The smallest absolute Gasteiger partial charge is 0.106 e. The van der Waals surface area contributed by atoms with Crippen LogP contribution in [0.1, 0.15) is 58.8 Å². The third-order valence-corrected chi connectivity index (χ3v) is 4.94. The Hall–Kier alpha value is -0.590. The Morgan fingerprint density at radius 2 is 2.16 bits per heavy atom. The summed E-state index contributed by atoms with van der Waals surface area (Å²) in [6, 6.07) is 3.21. The van der Waals surface area contributed by atoms with Crippen molar-refractivity contribution in [3.8, 4) is 6.07 Å². The van der Waals surface area contributed by atoms with Crippen LogP contribution in [0.25, 0.3) is 0 Å². The Morgan fingerprint density at radius 3 is 2.68 bits per heavy atom. The lowest BCUT2D eigenvalue weighted by molar-refractivity contribution is 0.158. The van der Waals surface area contributed by atoms with E-state index in [0.717, 1.165) is 37.8 Å². The van der Waals surface area contributed by atoms with Crippen molar-refractivity contribution in [2.45, 2.75) is 70.4 Å². The molecule has 3 atom stereocenters. The van der Waals surface area contributed by atoms with E-state index in [-0.39, 0.29) is 5.54 Å². The van der Waals surface area contributed by atoms with E-state index in [9.17, 15) is 5.26 Å². The van der Waals surface area contributed by atoms with Gasteiger partial charge in [0.1, 0.15) is 5.54 Å². The Kier molecular flexibility index (Phi) is 6.82. The van der Waals surface area contributed by atoms with E-state index in [1.54, 1.807) is 0 Å². The predicted molar refractivity (Wildman–Crippen MR) is 81.0 cm³/mol. The van der Waals surface area contributed by atoms with Gasteiger partial charge in [0, 0.05) is 6.04 Å². The number of hydrogen-bond donors (Lipinski definition) is 1. The molecule has 1 aliphatic carbocycles. The van der Waals surface area contributed by atoms with E-state index >= 15 is 0 Å². The van der Waals surface area contributed by atoms with Crippen molar-refractivity contribution in [3.63, 3.8) is 0 Å². The van der Waals surface area contributed by atoms with Crippen LogP contribution in [0, 0.1) is 17.2 Å². The van der Waals surface area contributed by atoms with Crippen LogP contribution < -0.4 is 5.32 Å². The summed E-state index contributed by atoms with van der Waals surface area (Å²) in [7, 11) is 4.15. The van der Waals surface area contributed by atoms with Crippen molar-refractivity contribution in [1.82, 2.24) is 10.2 Å². The first-order valence-electron chi connectivity index (χ1n) is 7.87. The summed E-state index contributed by atoms with van der Waals surface area (Å²) in [6.07, 6.45) is 8.40. The van der Waals surface area contributed by atoms with Crippen LogP contribution in [0.4, 0.5) is 0 Å². The molecule has 0 aromatic rings. The SMILES string of the molecule is CCC(C#N)(CCCN(C)C1CCCC(C)C1)NC. The molecule has 1 N–H and O–H groups in total. The molecule has 3 heteroatoms. The molecule has 1 fully saturated rings. The average Bonchev–Trinajstić information content (AvgIpc) is 2.44. The highest BCUT2D eigenvalue weighted by Crippen LogP contribution is 2.27. The maximum Gasteiger partial charge on any atom is 0.106 e. The van der Waals surface area contributed by atoms with Crippen molar-refractivity contribution in [1.29, 1.82) is 5.26 Å². The van der Waals surface area contributed by atoms with Gasteiger partial charge in [0.15, 0.2) is 0 Å². The molecule has 1 rings (SSSR count). The molecule has 3 unspecified atom stereocenters. The van der Waals surface area contributed by atoms with Crippen LogP contribution in [0.3, 0.4) is 0 Å². The fourth-order valence-electron chi connectivity index (χ4n) is 3.28.